The molecule has 0 bridgehead atoms. The molecule has 9 heteroatoms. The summed E-state index contributed by atoms with van der Waals surface area (Å²) in [6, 6.07) is 4.44. The highest BCUT2D eigenvalue weighted by Gasteiger charge is 2.32. The molecule has 0 amide bonds. The van der Waals surface area contributed by atoms with Crippen molar-refractivity contribution >= 4 is 28.5 Å². The maximum Gasteiger partial charge on any atom is 0.417 e. The normalized spacial score (nSPS) is 15.4. The summed E-state index contributed by atoms with van der Waals surface area (Å²) in [7, 11) is 0. The molecule has 0 unspecified atom stereocenters. The average Bonchev–Trinajstić information content (AvgIpc) is 3.00. The highest BCUT2D eigenvalue weighted by molar-refractivity contribution is 6.33. The van der Waals surface area contributed by atoms with E-state index in [1.54, 1.807) is 11.0 Å². The van der Waals surface area contributed by atoms with Crippen molar-refractivity contribution in [2.75, 3.05) is 18.0 Å². The number of rotatable bonds is 3. The number of aromatic nitrogens is 3. The van der Waals surface area contributed by atoms with E-state index in [0.717, 1.165) is 24.4 Å². The van der Waals surface area contributed by atoms with Gasteiger partial charge in [0.25, 0.3) is 0 Å². The van der Waals surface area contributed by atoms with Crippen molar-refractivity contribution in [1.29, 1.82) is 0 Å². The molecule has 1 N–H and O–H groups in total. The van der Waals surface area contributed by atoms with E-state index >= 15 is 0 Å². The molecule has 4 rings (SSSR count). The molecule has 1 aliphatic heterocycles. The van der Waals surface area contributed by atoms with Gasteiger partial charge in [-0.25, -0.2) is 9.37 Å². The average molecular weight is 399 g/mol. The number of anilines is 1. The minimum absolute atomic E-state index is 0.102. The third kappa shape index (κ3) is 3.22. The quantitative estimate of drug-likeness (QED) is 0.630. The monoisotopic (exact) mass is 398 g/mol. The van der Waals surface area contributed by atoms with Crippen LogP contribution in [0.15, 0.2) is 24.4 Å². The molecule has 27 heavy (non-hydrogen) atoms. The van der Waals surface area contributed by atoms with Crippen molar-refractivity contribution < 1.29 is 17.6 Å². The standard InChI is InChI=1S/C18H15ClF4N4/c1-2-11-4-13-12(16-14(19)3-9(6-24-16)18(21,22)23)5-15(26-17(13)25-11)27-7-10(20)8-27/h3-6,10H,2,7-8H2,1H3,(H,25,26). The summed E-state index contributed by atoms with van der Waals surface area (Å²) in [5, 5.41) is 0.608. The van der Waals surface area contributed by atoms with Crippen LogP contribution in [-0.4, -0.2) is 34.2 Å². The van der Waals surface area contributed by atoms with Crippen LogP contribution >= 0.6 is 11.6 Å². The zero-order valence-electron chi connectivity index (χ0n) is 14.2. The van der Waals surface area contributed by atoms with Gasteiger partial charge in [0.1, 0.15) is 17.6 Å². The fraction of sp³-hybridized carbons (Fsp3) is 0.333. The van der Waals surface area contributed by atoms with Gasteiger partial charge >= 0.3 is 6.18 Å². The number of hydrogen-bond acceptors (Lipinski definition) is 3. The summed E-state index contributed by atoms with van der Waals surface area (Å²) in [6.07, 6.45) is -3.93. The second kappa shape index (κ2) is 6.37. The fourth-order valence-corrected chi connectivity index (χ4v) is 3.36. The molecular formula is C18H15ClF4N4. The van der Waals surface area contributed by atoms with Crippen molar-refractivity contribution in [3.8, 4) is 11.3 Å². The van der Waals surface area contributed by atoms with Gasteiger partial charge in [-0.1, -0.05) is 18.5 Å². The van der Waals surface area contributed by atoms with E-state index in [1.165, 1.54) is 0 Å². The van der Waals surface area contributed by atoms with Gasteiger partial charge in [-0.05, 0) is 24.6 Å². The number of aromatic amines is 1. The largest absolute Gasteiger partial charge is 0.417 e. The van der Waals surface area contributed by atoms with Crippen LogP contribution < -0.4 is 4.90 Å². The van der Waals surface area contributed by atoms with Crippen molar-refractivity contribution in [3.05, 3.63) is 40.7 Å². The Balaban J connectivity index is 1.88. The van der Waals surface area contributed by atoms with Crippen LogP contribution in [0.5, 0.6) is 0 Å². The van der Waals surface area contributed by atoms with Crippen molar-refractivity contribution in [3.63, 3.8) is 0 Å². The summed E-state index contributed by atoms with van der Waals surface area (Å²) in [6.45, 7) is 2.43. The predicted molar refractivity (Wildman–Crippen MR) is 95.8 cm³/mol. The number of hydrogen-bond donors (Lipinski definition) is 1. The molecule has 1 fully saturated rings. The summed E-state index contributed by atoms with van der Waals surface area (Å²) in [5.41, 5.74) is 1.38. The van der Waals surface area contributed by atoms with Gasteiger partial charge < -0.3 is 9.88 Å². The molecule has 4 heterocycles. The lowest BCUT2D eigenvalue weighted by atomic mass is 10.1. The zero-order chi connectivity index (χ0) is 19.3. The van der Waals surface area contributed by atoms with Crippen LogP contribution in [0.1, 0.15) is 18.2 Å². The van der Waals surface area contributed by atoms with Crippen LogP contribution in [-0.2, 0) is 12.6 Å². The summed E-state index contributed by atoms with van der Waals surface area (Å²) in [4.78, 5) is 13.4. The first-order valence-corrected chi connectivity index (χ1v) is 8.79. The Hall–Kier alpha value is -2.35. The molecule has 4 nitrogen and oxygen atoms in total. The summed E-state index contributed by atoms with van der Waals surface area (Å²) >= 11 is 6.15. The van der Waals surface area contributed by atoms with Crippen LogP contribution in [0.2, 0.25) is 5.02 Å². The third-order valence-corrected chi connectivity index (χ3v) is 4.90. The Morgan fingerprint density at radius 2 is 2.00 bits per heavy atom. The van der Waals surface area contributed by atoms with Crippen LogP contribution in [0.3, 0.4) is 0 Å². The minimum atomic E-state index is -4.52. The molecular weight excluding hydrogens is 384 g/mol. The van der Waals surface area contributed by atoms with Gasteiger partial charge in [0.05, 0.1) is 29.4 Å². The molecule has 1 aliphatic rings. The molecule has 3 aromatic heterocycles. The maximum absolute atomic E-state index is 13.3. The Morgan fingerprint density at radius 3 is 2.59 bits per heavy atom. The first-order chi connectivity index (χ1) is 12.8. The second-order valence-electron chi connectivity index (χ2n) is 6.49. The highest BCUT2D eigenvalue weighted by atomic mass is 35.5. The predicted octanol–water partition coefficient (Wildman–Crippen LogP) is 5.02. The van der Waals surface area contributed by atoms with E-state index in [1.807, 2.05) is 13.0 Å². The highest BCUT2D eigenvalue weighted by Crippen LogP contribution is 2.38. The van der Waals surface area contributed by atoms with Crippen LogP contribution in [0.4, 0.5) is 23.4 Å². The van der Waals surface area contributed by atoms with Crippen molar-refractivity contribution in [1.82, 2.24) is 15.0 Å². The second-order valence-corrected chi connectivity index (χ2v) is 6.90. The molecule has 3 aromatic rings. The molecule has 0 aliphatic carbocycles. The molecule has 0 aromatic carbocycles. The smallest absolute Gasteiger partial charge is 0.351 e. The first-order valence-electron chi connectivity index (χ1n) is 8.41. The molecule has 142 valence electrons. The number of alkyl halides is 4. The number of halogens is 5. The topological polar surface area (TPSA) is 44.8 Å². The maximum atomic E-state index is 13.3. The van der Waals surface area contributed by atoms with Gasteiger partial charge in [-0.15, -0.1) is 0 Å². The molecule has 0 saturated carbocycles. The number of nitrogens with zero attached hydrogens (tertiary/aromatic N) is 3. The van der Waals surface area contributed by atoms with Crippen LogP contribution in [0.25, 0.3) is 22.3 Å². The zero-order valence-corrected chi connectivity index (χ0v) is 15.0. The number of nitrogens with one attached hydrogen (secondary N) is 1. The SMILES string of the molecule is CCc1cc2c(-c3ncc(C(F)(F)F)cc3Cl)cc(N3CC(F)C3)nc2[nH]1. The summed E-state index contributed by atoms with van der Waals surface area (Å²) < 4.78 is 52.0. The molecule has 1 saturated heterocycles. The van der Waals surface area contributed by atoms with Gasteiger partial charge in [0, 0.05) is 22.8 Å². The Bertz CT molecular complexity index is 1010. The molecule has 0 radical (unpaired) electrons. The number of H-pyrrole nitrogens is 1. The van der Waals surface area contributed by atoms with Crippen molar-refractivity contribution in [2.45, 2.75) is 25.7 Å². The fourth-order valence-electron chi connectivity index (χ4n) is 3.10. The Morgan fingerprint density at radius 1 is 1.26 bits per heavy atom. The summed E-state index contributed by atoms with van der Waals surface area (Å²) in [5.74, 6) is 0.536. The Kier molecular flexibility index (Phi) is 4.25. The van der Waals surface area contributed by atoms with E-state index in [4.69, 9.17) is 11.6 Å². The number of pyridine rings is 2. The van der Waals surface area contributed by atoms with E-state index < -0.39 is 17.9 Å². The van der Waals surface area contributed by atoms with E-state index in [0.29, 0.717) is 22.4 Å². The van der Waals surface area contributed by atoms with Crippen molar-refractivity contribution in [2.24, 2.45) is 0 Å². The van der Waals surface area contributed by atoms with Gasteiger partial charge in [-0.2, -0.15) is 13.2 Å². The van der Waals surface area contributed by atoms with E-state index in [2.05, 4.69) is 15.0 Å². The number of aryl methyl sites for hydroxylation is 1. The van der Waals surface area contributed by atoms with Gasteiger partial charge in [-0.3, -0.25) is 4.98 Å². The number of fused-ring (bicyclic) bond motifs is 1. The third-order valence-electron chi connectivity index (χ3n) is 4.61. The molecule has 0 atom stereocenters. The van der Waals surface area contributed by atoms with Gasteiger partial charge in [0.2, 0.25) is 0 Å². The lowest BCUT2D eigenvalue weighted by Crippen LogP contribution is -2.48. The van der Waals surface area contributed by atoms with E-state index in [9.17, 15) is 17.6 Å². The van der Waals surface area contributed by atoms with Gasteiger partial charge in [0.15, 0.2) is 0 Å². The van der Waals surface area contributed by atoms with Crippen LogP contribution in [0, 0.1) is 0 Å². The lowest BCUT2D eigenvalue weighted by molar-refractivity contribution is -0.137. The van der Waals surface area contributed by atoms with E-state index in [-0.39, 0.29) is 23.8 Å². The minimum Gasteiger partial charge on any atom is -0.351 e. The Labute approximate surface area is 157 Å². The first kappa shape index (κ1) is 18.0. The lowest BCUT2D eigenvalue weighted by Gasteiger charge is -2.35. The molecule has 0 spiro atoms.